The fraction of sp³-hybridized carbons (Fsp3) is 0.154. The van der Waals surface area contributed by atoms with E-state index in [-0.39, 0.29) is 5.56 Å². The van der Waals surface area contributed by atoms with Crippen LogP contribution in [0, 0.1) is 11.3 Å². The number of hydrogen-bond donors (Lipinski definition) is 2. The van der Waals surface area contributed by atoms with Crippen molar-refractivity contribution in [2.45, 2.75) is 19.5 Å². The number of rotatable bonds is 4. The van der Waals surface area contributed by atoms with Gasteiger partial charge >= 0.3 is 0 Å². The largest absolute Gasteiger partial charge is 0.399 e. The number of aromatic nitrogens is 3. The van der Waals surface area contributed by atoms with Gasteiger partial charge in [0.25, 0.3) is 5.56 Å². The Bertz CT molecular complexity index is 1400. The van der Waals surface area contributed by atoms with Gasteiger partial charge in [0.1, 0.15) is 5.82 Å². The lowest BCUT2D eigenvalue weighted by atomic mass is 10.0. The molecule has 0 aliphatic carbocycles. The third-order valence-corrected chi connectivity index (χ3v) is 5.85. The summed E-state index contributed by atoms with van der Waals surface area (Å²) in [5.41, 5.74) is 12.2. The van der Waals surface area contributed by atoms with Gasteiger partial charge in [0, 0.05) is 49.1 Å². The number of benzene rings is 2. The number of nitrogen functional groups attached to an aromatic ring is 1. The van der Waals surface area contributed by atoms with Crippen LogP contribution in [0.5, 0.6) is 0 Å². The highest BCUT2D eigenvalue weighted by molar-refractivity contribution is 5.61. The second kappa shape index (κ2) is 8.69. The molecule has 0 atom stereocenters. The first-order valence-electron chi connectivity index (χ1n) is 10.7. The minimum atomic E-state index is -0.0950. The summed E-state index contributed by atoms with van der Waals surface area (Å²) in [6.07, 6.45) is 2.57. The number of anilines is 1. The number of pyridine rings is 1. The van der Waals surface area contributed by atoms with E-state index in [0.717, 1.165) is 40.2 Å². The Kier molecular flexibility index (Phi) is 5.43. The zero-order valence-electron chi connectivity index (χ0n) is 18.0. The van der Waals surface area contributed by atoms with Gasteiger partial charge in [-0.05, 0) is 48.0 Å². The van der Waals surface area contributed by atoms with Gasteiger partial charge in [0.15, 0.2) is 0 Å². The minimum Gasteiger partial charge on any atom is -0.399 e. The van der Waals surface area contributed by atoms with Crippen molar-refractivity contribution >= 4 is 5.69 Å². The van der Waals surface area contributed by atoms with Gasteiger partial charge in [-0.3, -0.25) is 14.7 Å². The van der Waals surface area contributed by atoms with E-state index < -0.39 is 0 Å². The molecule has 1 aliphatic rings. The predicted molar refractivity (Wildman–Crippen MR) is 127 cm³/mol. The molecule has 0 fully saturated rings. The van der Waals surface area contributed by atoms with Gasteiger partial charge in [0.2, 0.25) is 0 Å². The summed E-state index contributed by atoms with van der Waals surface area (Å²) >= 11 is 0. The fourth-order valence-electron chi connectivity index (χ4n) is 4.09. The molecule has 162 valence electrons. The Morgan fingerprint density at radius 3 is 2.70 bits per heavy atom. The van der Waals surface area contributed by atoms with Gasteiger partial charge in [0.05, 0.1) is 28.6 Å². The molecule has 33 heavy (non-hydrogen) atoms. The molecule has 3 heterocycles. The van der Waals surface area contributed by atoms with Crippen molar-refractivity contribution in [2.75, 3.05) is 12.3 Å². The van der Waals surface area contributed by atoms with Gasteiger partial charge in [-0.2, -0.15) is 5.26 Å². The van der Waals surface area contributed by atoms with Crippen molar-refractivity contribution in [1.82, 2.24) is 19.9 Å². The zero-order valence-corrected chi connectivity index (χ0v) is 18.0. The van der Waals surface area contributed by atoms with E-state index in [2.05, 4.69) is 20.9 Å². The molecule has 2 aromatic carbocycles. The maximum Gasteiger partial charge on any atom is 0.255 e. The number of H-pyrrole nitrogens is 1. The van der Waals surface area contributed by atoms with Crippen LogP contribution in [0.2, 0.25) is 0 Å². The lowest BCUT2D eigenvalue weighted by molar-refractivity contribution is 0.241. The van der Waals surface area contributed by atoms with Gasteiger partial charge in [-0.1, -0.05) is 18.2 Å². The van der Waals surface area contributed by atoms with Crippen LogP contribution in [0.15, 0.2) is 71.7 Å². The SMILES string of the molecule is N#Cc1cccc(-c2ccc(CN3CCc4nc(-c5ccc(N)cc5)[nH]c(=O)c4C3)cn2)c1. The van der Waals surface area contributed by atoms with Crippen LogP contribution in [0.3, 0.4) is 0 Å². The summed E-state index contributed by atoms with van der Waals surface area (Å²) in [6.45, 7) is 2.06. The van der Waals surface area contributed by atoms with Crippen LogP contribution >= 0.6 is 0 Å². The summed E-state index contributed by atoms with van der Waals surface area (Å²) in [4.78, 5) is 27.2. The zero-order chi connectivity index (χ0) is 22.8. The molecule has 3 N–H and O–H groups in total. The van der Waals surface area contributed by atoms with E-state index >= 15 is 0 Å². The fourth-order valence-corrected chi connectivity index (χ4v) is 4.09. The number of fused-ring (bicyclic) bond motifs is 1. The lowest BCUT2D eigenvalue weighted by Gasteiger charge is -2.27. The van der Waals surface area contributed by atoms with Crippen LogP contribution in [0.4, 0.5) is 5.69 Å². The summed E-state index contributed by atoms with van der Waals surface area (Å²) in [5, 5.41) is 9.10. The van der Waals surface area contributed by atoms with Crippen molar-refractivity contribution in [1.29, 1.82) is 5.26 Å². The summed E-state index contributed by atoms with van der Waals surface area (Å²) in [5.74, 6) is 0.576. The second-order valence-corrected chi connectivity index (χ2v) is 8.17. The maximum absolute atomic E-state index is 12.8. The average Bonchev–Trinajstić information content (AvgIpc) is 2.85. The van der Waals surface area contributed by atoms with Crippen LogP contribution in [-0.4, -0.2) is 26.4 Å². The number of nitrogens with one attached hydrogen (secondary N) is 1. The topological polar surface area (TPSA) is 112 Å². The van der Waals surface area contributed by atoms with E-state index in [1.165, 1.54) is 0 Å². The predicted octanol–water partition coefficient (Wildman–Crippen LogP) is 3.51. The quantitative estimate of drug-likeness (QED) is 0.476. The number of hydrogen-bond acceptors (Lipinski definition) is 6. The molecule has 0 saturated heterocycles. The number of aromatic amines is 1. The molecule has 0 bridgehead atoms. The number of nitrogens with two attached hydrogens (primary N) is 1. The smallest absolute Gasteiger partial charge is 0.255 e. The molecule has 4 aromatic rings. The van der Waals surface area contributed by atoms with Gasteiger partial charge < -0.3 is 10.7 Å². The Hall–Kier alpha value is -4.28. The molecule has 5 rings (SSSR count). The number of nitriles is 1. The normalized spacial score (nSPS) is 13.3. The van der Waals surface area contributed by atoms with Crippen LogP contribution in [0.1, 0.15) is 22.4 Å². The second-order valence-electron chi connectivity index (χ2n) is 8.17. The first kappa shape index (κ1) is 20.6. The first-order chi connectivity index (χ1) is 16.1. The summed E-state index contributed by atoms with van der Waals surface area (Å²) < 4.78 is 0. The molecule has 1 aliphatic heterocycles. The highest BCUT2D eigenvalue weighted by Crippen LogP contribution is 2.22. The molecule has 2 aromatic heterocycles. The van der Waals surface area contributed by atoms with Crippen molar-refractivity contribution < 1.29 is 0 Å². The highest BCUT2D eigenvalue weighted by atomic mass is 16.1. The van der Waals surface area contributed by atoms with Gasteiger partial charge in [-0.15, -0.1) is 0 Å². The molecule has 7 nitrogen and oxygen atoms in total. The monoisotopic (exact) mass is 434 g/mol. The maximum atomic E-state index is 12.8. The molecule has 0 unspecified atom stereocenters. The molecular weight excluding hydrogens is 412 g/mol. The van der Waals surface area contributed by atoms with Crippen LogP contribution < -0.4 is 11.3 Å². The Morgan fingerprint density at radius 2 is 1.94 bits per heavy atom. The average molecular weight is 435 g/mol. The first-order valence-corrected chi connectivity index (χ1v) is 10.7. The summed E-state index contributed by atoms with van der Waals surface area (Å²) in [6, 6.07) is 20.9. The van der Waals surface area contributed by atoms with Crippen molar-refractivity contribution in [3.63, 3.8) is 0 Å². The minimum absolute atomic E-state index is 0.0950. The molecule has 0 radical (unpaired) electrons. The third kappa shape index (κ3) is 4.38. The Balaban J connectivity index is 1.31. The Morgan fingerprint density at radius 1 is 1.09 bits per heavy atom. The Labute approximate surface area is 191 Å². The van der Waals surface area contributed by atoms with Gasteiger partial charge in [-0.25, -0.2) is 4.98 Å². The van der Waals surface area contributed by atoms with Crippen LogP contribution in [0.25, 0.3) is 22.6 Å². The van der Waals surface area contributed by atoms with Crippen molar-refractivity contribution in [3.05, 3.63) is 99.6 Å². The van der Waals surface area contributed by atoms with E-state index in [9.17, 15) is 4.79 Å². The van der Waals surface area contributed by atoms with E-state index in [4.69, 9.17) is 16.0 Å². The number of nitrogens with zero attached hydrogens (tertiary/aromatic N) is 4. The molecular formula is C26H22N6O. The lowest BCUT2D eigenvalue weighted by Crippen LogP contribution is -2.35. The van der Waals surface area contributed by atoms with Crippen molar-refractivity contribution in [2.24, 2.45) is 0 Å². The van der Waals surface area contributed by atoms with Crippen molar-refractivity contribution in [3.8, 4) is 28.7 Å². The third-order valence-electron chi connectivity index (χ3n) is 5.85. The standard InChI is InChI=1S/C26H22N6O/c27-13-17-2-1-3-20(12-17)23-9-4-18(14-29-23)15-32-11-10-24-22(16-32)26(33)31-25(30-24)19-5-7-21(28)8-6-19/h1-9,12,14H,10-11,15-16,28H2,(H,30,31,33). The van der Waals surface area contributed by atoms with Crippen LogP contribution in [-0.2, 0) is 19.5 Å². The van der Waals surface area contributed by atoms with E-state index in [0.29, 0.717) is 36.6 Å². The van der Waals surface area contributed by atoms with E-state index in [1.54, 1.807) is 18.2 Å². The summed E-state index contributed by atoms with van der Waals surface area (Å²) in [7, 11) is 0. The molecule has 0 amide bonds. The molecule has 0 saturated carbocycles. The highest BCUT2D eigenvalue weighted by Gasteiger charge is 2.21. The molecule has 0 spiro atoms. The van der Waals surface area contributed by atoms with E-state index in [1.807, 2.05) is 48.7 Å². The molecule has 7 heteroatoms.